The van der Waals surface area contributed by atoms with Crippen molar-refractivity contribution in [2.24, 2.45) is 5.92 Å². The van der Waals surface area contributed by atoms with Crippen LogP contribution in [0.5, 0.6) is 0 Å². The third kappa shape index (κ3) is 2.55. The monoisotopic (exact) mass is 257 g/mol. The maximum Gasteiger partial charge on any atom is 0.134 e. The molecule has 3 rings (SSSR count). The Bertz CT molecular complexity index is 557. The molecule has 0 aliphatic heterocycles. The number of nitrogens with one attached hydrogen (secondary N) is 1. The normalized spacial score (nSPS) is 23.3. The highest BCUT2D eigenvalue weighted by Crippen LogP contribution is 2.28. The fourth-order valence-corrected chi connectivity index (χ4v) is 3.27. The summed E-state index contributed by atoms with van der Waals surface area (Å²) in [5.74, 6) is 2.02. The van der Waals surface area contributed by atoms with Crippen molar-refractivity contribution in [1.29, 1.82) is 0 Å². The lowest BCUT2D eigenvalue weighted by Gasteiger charge is -2.12. The van der Waals surface area contributed by atoms with Gasteiger partial charge in [0.2, 0.25) is 0 Å². The van der Waals surface area contributed by atoms with E-state index in [0.29, 0.717) is 6.04 Å². The molecule has 0 radical (unpaired) electrons. The van der Waals surface area contributed by atoms with Crippen molar-refractivity contribution in [1.82, 2.24) is 5.32 Å². The van der Waals surface area contributed by atoms with Crippen LogP contribution in [0.25, 0.3) is 11.0 Å². The molecule has 1 N–H and O–H groups in total. The maximum atomic E-state index is 5.94. The molecule has 2 aromatic rings. The average Bonchev–Trinajstić information content (AvgIpc) is 2.99. The highest BCUT2D eigenvalue weighted by Gasteiger charge is 2.21. The summed E-state index contributed by atoms with van der Waals surface area (Å²) in [6.45, 7) is 5.46. The van der Waals surface area contributed by atoms with E-state index in [-0.39, 0.29) is 0 Å². The Morgan fingerprint density at radius 3 is 2.84 bits per heavy atom. The molecule has 102 valence electrons. The molecule has 1 aromatic carbocycles. The molecule has 1 heterocycles. The molecule has 1 aliphatic rings. The van der Waals surface area contributed by atoms with Gasteiger partial charge in [-0.1, -0.05) is 32.0 Å². The van der Waals surface area contributed by atoms with Crippen LogP contribution in [-0.4, -0.2) is 6.04 Å². The lowest BCUT2D eigenvalue weighted by Crippen LogP contribution is -2.26. The molecule has 2 nitrogen and oxygen atoms in total. The number of benzene rings is 1. The van der Waals surface area contributed by atoms with Crippen LogP contribution in [0.15, 0.2) is 28.7 Å². The molecular formula is C17H23NO. The van der Waals surface area contributed by atoms with E-state index in [9.17, 15) is 0 Å². The molecule has 1 aliphatic carbocycles. The molecule has 2 heteroatoms. The second kappa shape index (κ2) is 5.38. The molecule has 0 bridgehead atoms. The molecule has 2 unspecified atom stereocenters. The standard InChI is InChI=1S/C17H23NO/c1-3-16-15(11-18-13-9-8-12(2)10-13)14-6-4-5-7-17(14)19-16/h4-7,12-13,18H,3,8-11H2,1-2H3. The Kier molecular flexibility index (Phi) is 3.61. The van der Waals surface area contributed by atoms with Gasteiger partial charge in [0.05, 0.1) is 0 Å². The van der Waals surface area contributed by atoms with Crippen LogP contribution in [-0.2, 0) is 13.0 Å². The Hall–Kier alpha value is -1.28. The van der Waals surface area contributed by atoms with Crippen molar-refractivity contribution in [2.45, 2.75) is 52.1 Å². The first-order valence-corrected chi connectivity index (χ1v) is 7.50. The predicted octanol–water partition coefficient (Wildman–Crippen LogP) is 4.27. The molecule has 19 heavy (non-hydrogen) atoms. The number of aryl methyl sites for hydroxylation is 1. The first-order valence-electron chi connectivity index (χ1n) is 7.50. The van der Waals surface area contributed by atoms with Gasteiger partial charge in [0.1, 0.15) is 11.3 Å². The molecule has 1 aromatic heterocycles. The third-order valence-corrected chi connectivity index (χ3v) is 4.37. The van der Waals surface area contributed by atoms with Crippen molar-refractivity contribution in [3.63, 3.8) is 0 Å². The van der Waals surface area contributed by atoms with Crippen molar-refractivity contribution in [3.05, 3.63) is 35.6 Å². The molecular weight excluding hydrogens is 234 g/mol. The van der Waals surface area contributed by atoms with E-state index in [0.717, 1.165) is 30.2 Å². The number of hydrogen-bond acceptors (Lipinski definition) is 2. The third-order valence-electron chi connectivity index (χ3n) is 4.37. The van der Waals surface area contributed by atoms with E-state index in [4.69, 9.17) is 4.42 Å². The SMILES string of the molecule is CCc1oc2ccccc2c1CNC1CCC(C)C1. The summed E-state index contributed by atoms with van der Waals surface area (Å²) in [6, 6.07) is 9.06. The van der Waals surface area contributed by atoms with Gasteiger partial charge in [-0.2, -0.15) is 0 Å². The summed E-state index contributed by atoms with van der Waals surface area (Å²) in [5.41, 5.74) is 2.38. The summed E-state index contributed by atoms with van der Waals surface area (Å²) in [6.07, 6.45) is 4.97. The molecule has 0 saturated heterocycles. The van der Waals surface area contributed by atoms with Gasteiger partial charge in [-0.25, -0.2) is 0 Å². The van der Waals surface area contributed by atoms with Crippen LogP contribution in [0, 0.1) is 5.92 Å². The van der Waals surface area contributed by atoms with Crippen molar-refractivity contribution in [3.8, 4) is 0 Å². The predicted molar refractivity (Wildman–Crippen MR) is 79.2 cm³/mol. The number of para-hydroxylation sites is 1. The summed E-state index contributed by atoms with van der Waals surface area (Å²) >= 11 is 0. The highest BCUT2D eigenvalue weighted by atomic mass is 16.3. The van der Waals surface area contributed by atoms with Gasteiger partial charge >= 0.3 is 0 Å². The van der Waals surface area contributed by atoms with Gasteiger partial charge in [-0.3, -0.25) is 0 Å². The van der Waals surface area contributed by atoms with Gasteiger partial charge in [0.25, 0.3) is 0 Å². The van der Waals surface area contributed by atoms with Gasteiger partial charge in [-0.15, -0.1) is 0 Å². The lowest BCUT2D eigenvalue weighted by atomic mass is 10.1. The average molecular weight is 257 g/mol. The summed E-state index contributed by atoms with van der Waals surface area (Å²) in [7, 11) is 0. The van der Waals surface area contributed by atoms with E-state index >= 15 is 0 Å². The van der Waals surface area contributed by atoms with Crippen molar-refractivity contribution < 1.29 is 4.42 Å². The van der Waals surface area contributed by atoms with E-state index in [1.807, 2.05) is 6.07 Å². The number of fused-ring (bicyclic) bond motifs is 1. The minimum Gasteiger partial charge on any atom is -0.461 e. The molecule has 0 spiro atoms. The first-order chi connectivity index (χ1) is 9.28. The number of hydrogen-bond donors (Lipinski definition) is 1. The van der Waals surface area contributed by atoms with E-state index < -0.39 is 0 Å². The zero-order valence-corrected chi connectivity index (χ0v) is 11.9. The van der Waals surface area contributed by atoms with Gasteiger partial charge in [0.15, 0.2) is 0 Å². The second-order valence-corrected chi connectivity index (χ2v) is 5.85. The Morgan fingerprint density at radius 1 is 1.26 bits per heavy atom. The number of furan rings is 1. The van der Waals surface area contributed by atoms with Crippen LogP contribution in [0.4, 0.5) is 0 Å². The van der Waals surface area contributed by atoms with Crippen LogP contribution in [0.3, 0.4) is 0 Å². The Labute approximate surface area is 115 Å². The van der Waals surface area contributed by atoms with Crippen LogP contribution in [0.2, 0.25) is 0 Å². The second-order valence-electron chi connectivity index (χ2n) is 5.85. The molecule has 2 atom stereocenters. The zero-order chi connectivity index (χ0) is 13.2. The van der Waals surface area contributed by atoms with Gasteiger partial charge in [0, 0.05) is 30.0 Å². The molecule has 0 amide bonds. The summed E-state index contributed by atoms with van der Waals surface area (Å²) < 4.78 is 5.94. The Morgan fingerprint density at radius 2 is 2.11 bits per heavy atom. The minimum absolute atomic E-state index is 0.688. The first kappa shape index (κ1) is 12.7. The topological polar surface area (TPSA) is 25.2 Å². The van der Waals surface area contributed by atoms with E-state index in [2.05, 4.69) is 37.4 Å². The van der Waals surface area contributed by atoms with Crippen LogP contribution >= 0.6 is 0 Å². The molecule has 1 saturated carbocycles. The van der Waals surface area contributed by atoms with E-state index in [1.165, 1.54) is 30.2 Å². The summed E-state index contributed by atoms with van der Waals surface area (Å²) in [4.78, 5) is 0. The van der Waals surface area contributed by atoms with Crippen LogP contribution in [0.1, 0.15) is 44.4 Å². The largest absolute Gasteiger partial charge is 0.461 e. The van der Waals surface area contributed by atoms with Crippen molar-refractivity contribution in [2.75, 3.05) is 0 Å². The minimum atomic E-state index is 0.688. The van der Waals surface area contributed by atoms with Gasteiger partial charge in [-0.05, 0) is 31.2 Å². The summed E-state index contributed by atoms with van der Waals surface area (Å²) in [5, 5.41) is 5.00. The van der Waals surface area contributed by atoms with E-state index in [1.54, 1.807) is 0 Å². The smallest absolute Gasteiger partial charge is 0.134 e. The van der Waals surface area contributed by atoms with Crippen molar-refractivity contribution >= 4 is 11.0 Å². The maximum absolute atomic E-state index is 5.94. The highest BCUT2D eigenvalue weighted by molar-refractivity contribution is 5.82. The molecule has 1 fully saturated rings. The lowest BCUT2D eigenvalue weighted by molar-refractivity contribution is 0.492. The fraction of sp³-hybridized carbons (Fsp3) is 0.529. The van der Waals surface area contributed by atoms with Crippen LogP contribution < -0.4 is 5.32 Å². The fourth-order valence-electron chi connectivity index (χ4n) is 3.27. The quantitative estimate of drug-likeness (QED) is 0.884. The van der Waals surface area contributed by atoms with Gasteiger partial charge < -0.3 is 9.73 Å². The zero-order valence-electron chi connectivity index (χ0n) is 11.9. The Balaban J connectivity index is 1.79. The number of rotatable bonds is 4.